The van der Waals surface area contributed by atoms with Gasteiger partial charge in [-0.3, -0.25) is 4.84 Å². The Morgan fingerprint density at radius 2 is 2.16 bits per heavy atom. The lowest BCUT2D eigenvalue weighted by Gasteiger charge is -2.11. The molecule has 2 N–H and O–H groups in total. The van der Waals surface area contributed by atoms with Gasteiger partial charge in [-0.15, -0.1) is 0 Å². The highest BCUT2D eigenvalue weighted by atomic mass is 79.9. The second kappa shape index (κ2) is 6.85. The van der Waals surface area contributed by atoms with Crippen LogP contribution in [0.5, 0.6) is 5.75 Å². The molecule has 0 aliphatic heterocycles. The third-order valence-corrected chi connectivity index (χ3v) is 3.59. The number of ether oxygens (including phenoxy) is 1. The maximum atomic E-state index is 11.9. The van der Waals surface area contributed by atoms with Crippen molar-refractivity contribution in [2.24, 2.45) is 0 Å². The molecule has 19 heavy (non-hydrogen) atoms. The van der Waals surface area contributed by atoms with E-state index in [1.807, 2.05) is 0 Å². The van der Waals surface area contributed by atoms with Crippen molar-refractivity contribution < 1.29 is 27.9 Å². The van der Waals surface area contributed by atoms with Crippen molar-refractivity contribution in [1.82, 2.24) is 4.89 Å². The van der Waals surface area contributed by atoms with Crippen molar-refractivity contribution in [1.29, 1.82) is 0 Å². The third kappa shape index (κ3) is 4.78. The van der Waals surface area contributed by atoms with Crippen molar-refractivity contribution in [3.8, 4) is 5.75 Å². The van der Waals surface area contributed by atoms with Crippen molar-refractivity contribution >= 4 is 31.9 Å². The average Bonchev–Trinajstić information content (AvgIpc) is 2.31. The summed E-state index contributed by atoms with van der Waals surface area (Å²) in [6.07, 6.45) is 0. The van der Waals surface area contributed by atoms with Crippen LogP contribution in [0, 0.1) is 0 Å². The zero-order valence-corrected chi connectivity index (χ0v) is 12.3. The molecule has 0 aliphatic rings. The molecule has 0 unspecified atom stereocenters. The molecule has 0 atom stereocenters. The minimum Gasteiger partial charge on any atom is -0.492 e. The summed E-state index contributed by atoms with van der Waals surface area (Å²) in [5, 5.41) is 8.37. The number of benzene rings is 1. The normalized spacial score (nSPS) is 11.3. The van der Waals surface area contributed by atoms with E-state index in [1.165, 1.54) is 12.1 Å². The average molecular weight is 354 g/mol. The predicted molar refractivity (Wildman–Crippen MR) is 69.2 cm³/mol. The fourth-order valence-corrected chi connectivity index (χ4v) is 2.67. The van der Waals surface area contributed by atoms with E-state index < -0.39 is 22.6 Å². The quantitative estimate of drug-likeness (QED) is 0.712. The molecule has 0 amide bonds. The first-order chi connectivity index (χ1) is 8.86. The Morgan fingerprint density at radius 3 is 2.74 bits per heavy atom. The summed E-state index contributed by atoms with van der Waals surface area (Å²) in [4.78, 5) is 16.2. The Balaban J connectivity index is 2.98. The number of carboxylic acids is 1. The molecule has 0 saturated carbocycles. The van der Waals surface area contributed by atoms with Gasteiger partial charge in [0.05, 0.1) is 6.61 Å². The summed E-state index contributed by atoms with van der Waals surface area (Å²) in [7, 11) is -4.02. The summed E-state index contributed by atoms with van der Waals surface area (Å²) < 4.78 is 29.6. The Kier molecular flexibility index (Phi) is 5.73. The van der Waals surface area contributed by atoms with Crippen LogP contribution in [-0.2, 0) is 19.7 Å². The molecule has 0 spiro atoms. The summed E-state index contributed by atoms with van der Waals surface area (Å²) in [5.74, 6) is -1.14. The number of rotatable bonds is 7. The predicted octanol–water partition coefficient (Wildman–Crippen LogP) is 1.14. The second-order valence-corrected chi connectivity index (χ2v) is 5.82. The highest BCUT2D eigenvalue weighted by molar-refractivity contribution is 9.10. The molecule has 0 heterocycles. The molecule has 106 valence electrons. The number of halogens is 1. The summed E-state index contributed by atoms with van der Waals surface area (Å²) in [5.41, 5.74) is 0. The monoisotopic (exact) mass is 353 g/mol. The van der Waals surface area contributed by atoms with Crippen LogP contribution in [0.4, 0.5) is 0 Å². The summed E-state index contributed by atoms with van der Waals surface area (Å²) in [6.45, 7) is 1.23. The number of hydrogen-bond acceptors (Lipinski definition) is 5. The van der Waals surface area contributed by atoms with Crippen LogP contribution in [0.2, 0.25) is 0 Å². The molecule has 9 heteroatoms. The zero-order valence-electron chi connectivity index (χ0n) is 9.92. The van der Waals surface area contributed by atoms with E-state index in [0.29, 0.717) is 11.1 Å². The minimum absolute atomic E-state index is 0.144. The van der Waals surface area contributed by atoms with Gasteiger partial charge in [-0.05, 0) is 25.1 Å². The highest BCUT2D eigenvalue weighted by Crippen LogP contribution is 2.27. The van der Waals surface area contributed by atoms with E-state index in [4.69, 9.17) is 9.84 Å². The van der Waals surface area contributed by atoms with Crippen LogP contribution in [0.3, 0.4) is 0 Å². The Labute approximate surface area is 118 Å². The molecule has 0 aliphatic carbocycles. The first-order valence-electron chi connectivity index (χ1n) is 5.14. The minimum atomic E-state index is -4.02. The number of carbonyl (C=O) groups is 1. The van der Waals surface area contributed by atoms with E-state index in [-0.39, 0.29) is 10.6 Å². The maximum absolute atomic E-state index is 11.9. The maximum Gasteiger partial charge on any atom is 0.331 e. The van der Waals surface area contributed by atoms with Crippen molar-refractivity contribution in [3.05, 3.63) is 22.7 Å². The van der Waals surface area contributed by atoms with Gasteiger partial charge in [-0.2, -0.15) is 0 Å². The lowest BCUT2D eigenvalue weighted by atomic mass is 10.3. The van der Waals surface area contributed by atoms with Crippen LogP contribution in [0.25, 0.3) is 0 Å². The number of aliphatic carboxylic acids is 1. The molecule has 0 bridgehead atoms. The lowest BCUT2D eigenvalue weighted by Crippen LogP contribution is -2.27. The molecule has 0 radical (unpaired) electrons. The molecule has 0 aromatic heterocycles. The van der Waals surface area contributed by atoms with Gasteiger partial charge < -0.3 is 9.84 Å². The molecular formula is C10H12BrNO6S. The molecule has 1 rings (SSSR count). The van der Waals surface area contributed by atoms with Gasteiger partial charge in [-0.1, -0.05) is 20.8 Å². The van der Waals surface area contributed by atoms with Gasteiger partial charge >= 0.3 is 5.97 Å². The first kappa shape index (κ1) is 15.9. The summed E-state index contributed by atoms with van der Waals surface area (Å²) >= 11 is 3.15. The van der Waals surface area contributed by atoms with Gasteiger partial charge in [0, 0.05) is 4.47 Å². The van der Waals surface area contributed by atoms with Crippen molar-refractivity contribution in [2.75, 3.05) is 13.2 Å². The largest absolute Gasteiger partial charge is 0.492 e. The molecule has 7 nitrogen and oxygen atoms in total. The molecular weight excluding hydrogens is 342 g/mol. The van der Waals surface area contributed by atoms with Crippen LogP contribution < -0.4 is 9.62 Å². The standard InChI is InChI=1S/C10H12BrNO6S/c1-2-17-8-4-3-7(11)5-9(8)19(15,16)12-18-6-10(13)14/h3-5,12H,2,6H2,1H3,(H,13,14). The second-order valence-electron chi connectivity index (χ2n) is 3.29. The van der Waals surface area contributed by atoms with E-state index in [1.54, 1.807) is 17.9 Å². The smallest absolute Gasteiger partial charge is 0.331 e. The zero-order chi connectivity index (χ0) is 14.5. The Hall–Kier alpha value is -1.16. The van der Waals surface area contributed by atoms with Crippen LogP contribution >= 0.6 is 15.9 Å². The number of nitrogens with one attached hydrogen (secondary N) is 1. The van der Waals surface area contributed by atoms with Gasteiger partial charge in [0.25, 0.3) is 10.0 Å². The Bertz CT molecular complexity index is 559. The van der Waals surface area contributed by atoms with Crippen LogP contribution in [-0.4, -0.2) is 32.7 Å². The highest BCUT2D eigenvalue weighted by Gasteiger charge is 2.20. The van der Waals surface area contributed by atoms with Crippen molar-refractivity contribution in [3.63, 3.8) is 0 Å². The van der Waals surface area contributed by atoms with E-state index in [0.717, 1.165) is 0 Å². The molecule has 0 fully saturated rings. The van der Waals surface area contributed by atoms with Crippen molar-refractivity contribution in [2.45, 2.75) is 11.8 Å². The van der Waals surface area contributed by atoms with Crippen LogP contribution in [0.1, 0.15) is 6.92 Å². The SMILES string of the molecule is CCOc1ccc(Br)cc1S(=O)(=O)NOCC(=O)O. The lowest BCUT2D eigenvalue weighted by molar-refractivity contribution is -0.143. The fourth-order valence-electron chi connectivity index (χ4n) is 1.18. The van der Waals surface area contributed by atoms with Gasteiger partial charge in [0.15, 0.2) is 6.61 Å². The molecule has 1 aromatic rings. The van der Waals surface area contributed by atoms with E-state index >= 15 is 0 Å². The summed E-state index contributed by atoms with van der Waals surface area (Å²) in [6, 6.07) is 4.44. The number of hydrogen-bond donors (Lipinski definition) is 2. The van der Waals surface area contributed by atoms with Gasteiger partial charge in [-0.25, -0.2) is 13.2 Å². The topological polar surface area (TPSA) is 102 Å². The van der Waals surface area contributed by atoms with E-state index in [2.05, 4.69) is 20.8 Å². The van der Waals surface area contributed by atoms with Crippen LogP contribution in [0.15, 0.2) is 27.6 Å². The fraction of sp³-hybridized carbons (Fsp3) is 0.300. The molecule has 0 saturated heterocycles. The Morgan fingerprint density at radius 1 is 1.47 bits per heavy atom. The molecule has 1 aromatic carbocycles. The third-order valence-electron chi connectivity index (χ3n) is 1.86. The first-order valence-corrected chi connectivity index (χ1v) is 7.42. The van der Waals surface area contributed by atoms with Gasteiger partial charge in [0.2, 0.25) is 0 Å². The number of carboxylic acid groups (broad SMARTS) is 1. The van der Waals surface area contributed by atoms with E-state index in [9.17, 15) is 13.2 Å². The van der Waals surface area contributed by atoms with Gasteiger partial charge in [0.1, 0.15) is 10.6 Å². The number of sulfonamides is 1.